The molecule has 0 bridgehead atoms. The SMILES string of the molecule is CCC1(C)OB(c2cccc(C(N)=O)c2)OC1(C)C. The summed E-state index contributed by atoms with van der Waals surface area (Å²) in [6.45, 7) is 8.17. The summed E-state index contributed by atoms with van der Waals surface area (Å²) >= 11 is 0. The molecule has 0 aromatic heterocycles. The maximum Gasteiger partial charge on any atom is 0.494 e. The van der Waals surface area contributed by atoms with Crippen molar-refractivity contribution in [1.29, 1.82) is 0 Å². The van der Waals surface area contributed by atoms with Gasteiger partial charge in [-0.1, -0.05) is 19.1 Å². The molecule has 4 nitrogen and oxygen atoms in total. The van der Waals surface area contributed by atoms with Crippen LogP contribution in [0.2, 0.25) is 0 Å². The monoisotopic (exact) mass is 261 g/mol. The molecule has 1 fully saturated rings. The number of primary amides is 1. The lowest BCUT2D eigenvalue weighted by molar-refractivity contribution is -0.0118. The predicted octanol–water partition coefficient (Wildman–Crippen LogP) is 1.47. The normalized spacial score (nSPS) is 25.6. The number of hydrogen-bond acceptors (Lipinski definition) is 3. The lowest BCUT2D eigenvalue weighted by Crippen LogP contribution is -2.44. The molecule has 1 saturated heterocycles. The first kappa shape index (κ1) is 14.1. The van der Waals surface area contributed by atoms with Crippen molar-refractivity contribution in [3.8, 4) is 0 Å². The van der Waals surface area contributed by atoms with E-state index in [1.807, 2.05) is 26.8 Å². The molecule has 1 heterocycles. The van der Waals surface area contributed by atoms with Gasteiger partial charge in [0.2, 0.25) is 5.91 Å². The zero-order valence-corrected chi connectivity index (χ0v) is 11.9. The second-order valence-corrected chi connectivity index (χ2v) is 5.65. The Morgan fingerprint density at radius 1 is 1.32 bits per heavy atom. The number of hydrogen-bond donors (Lipinski definition) is 1. The number of benzene rings is 1. The van der Waals surface area contributed by atoms with Crippen molar-refractivity contribution >= 4 is 18.5 Å². The van der Waals surface area contributed by atoms with Crippen LogP contribution in [0.3, 0.4) is 0 Å². The number of rotatable bonds is 3. The highest BCUT2D eigenvalue weighted by atomic mass is 16.7. The zero-order chi connectivity index (χ0) is 14.3. The van der Waals surface area contributed by atoms with Crippen molar-refractivity contribution < 1.29 is 14.1 Å². The average Bonchev–Trinajstić information content (AvgIpc) is 2.61. The number of nitrogens with two attached hydrogens (primary N) is 1. The highest BCUT2D eigenvalue weighted by molar-refractivity contribution is 6.62. The van der Waals surface area contributed by atoms with Gasteiger partial charge in [-0.05, 0) is 44.8 Å². The number of carbonyl (C=O) groups is 1. The molecule has 1 amide bonds. The van der Waals surface area contributed by atoms with Crippen LogP contribution in [0.5, 0.6) is 0 Å². The van der Waals surface area contributed by atoms with Crippen LogP contribution in [0.4, 0.5) is 0 Å². The van der Waals surface area contributed by atoms with E-state index in [2.05, 4.69) is 6.92 Å². The summed E-state index contributed by atoms with van der Waals surface area (Å²) in [4.78, 5) is 11.2. The first-order chi connectivity index (χ1) is 8.79. The molecule has 0 aliphatic carbocycles. The molecular formula is C14H20BNO3. The van der Waals surface area contributed by atoms with Gasteiger partial charge in [-0.25, -0.2) is 0 Å². The fourth-order valence-corrected chi connectivity index (χ4v) is 2.28. The molecule has 1 unspecified atom stereocenters. The highest BCUT2D eigenvalue weighted by Crippen LogP contribution is 2.39. The third-order valence-corrected chi connectivity index (χ3v) is 4.16. The number of amides is 1. The van der Waals surface area contributed by atoms with E-state index in [9.17, 15) is 4.79 Å². The largest absolute Gasteiger partial charge is 0.494 e. The van der Waals surface area contributed by atoms with Gasteiger partial charge >= 0.3 is 7.12 Å². The second-order valence-electron chi connectivity index (χ2n) is 5.65. The van der Waals surface area contributed by atoms with Crippen molar-refractivity contribution in [2.24, 2.45) is 5.73 Å². The van der Waals surface area contributed by atoms with Crippen LogP contribution in [0, 0.1) is 0 Å². The van der Waals surface area contributed by atoms with Gasteiger partial charge in [0.05, 0.1) is 11.2 Å². The van der Waals surface area contributed by atoms with Crippen molar-refractivity contribution in [3.63, 3.8) is 0 Å². The van der Waals surface area contributed by atoms with Gasteiger partial charge in [0.1, 0.15) is 0 Å². The molecule has 5 heteroatoms. The molecule has 102 valence electrons. The summed E-state index contributed by atoms with van der Waals surface area (Å²) in [5, 5.41) is 0. The molecule has 1 aromatic carbocycles. The summed E-state index contributed by atoms with van der Waals surface area (Å²) in [6, 6.07) is 7.08. The fraction of sp³-hybridized carbons (Fsp3) is 0.500. The Labute approximate surface area is 114 Å². The quantitative estimate of drug-likeness (QED) is 0.838. The zero-order valence-electron chi connectivity index (χ0n) is 11.9. The molecule has 1 aliphatic heterocycles. The van der Waals surface area contributed by atoms with E-state index in [1.165, 1.54) is 0 Å². The highest BCUT2D eigenvalue weighted by Gasteiger charge is 2.53. The third kappa shape index (κ3) is 2.40. The van der Waals surface area contributed by atoms with Crippen molar-refractivity contribution in [1.82, 2.24) is 0 Å². The maximum atomic E-state index is 11.2. The molecule has 0 saturated carbocycles. The van der Waals surface area contributed by atoms with E-state index >= 15 is 0 Å². The molecule has 19 heavy (non-hydrogen) atoms. The third-order valence-electron chi connectivity index (χ3n) is 4.16. The smallest absolute Gasteiger partial charge is 0.399 e. The van der Waals surface area contributed by atoms with Crippen LogP contribution in [0.25, 0.3) is 0 Å². The minimum atomic E-state index is -0.459. The number of carbonyl (C=O) groups excluding carboxylic acids is 1. The van der Waals surface area contributed by atoms with Crippen molar-refractivity contribution in [3.05, 3.63) is 29.8 Å². The first-order valence-electron chi connectivity index (χ1n) is 6.54. The van der Waals surface area contributed by atoms with Crippen molar-refractivity contribution in [2.45, 2.75) is 45.3 Å². The molecule has 1 aliphatic rings. The van der Waals surface area contributed by atoms with Gasteiger partial charge in [0, 0.05) is 5.56 Å². The van der Waals surface area contributed by atoms with E-state index in [4.69, 9.17) is 15.0 Å². The lowest BCUT2D eigenvalue weighted by Gasteiger charge is -2.35. The Balaban J connectivity index is 2.30. The van der Waals surface area contributed by atoms with Gasteiger partial charge in [0.25, 0.3) is 0 Å². The summed E-state index contributed by atoms with van der Waals surface area (Å²) in [7, 11) is -0.459. The van der Waals surface area contributed by atoms with E-state index < -0.39 is 13.0 Å². The van der Waals surface area contributed by atoms with Crippen LogP contribution >= 0.6 is 0 Å². The Morgan fingerprint density at radius 3 is 2.53 bits per heavy atom. The van der Waals surface area contributed by atoms with Crippen LogP contribution in [0.1, 0.15) is 44.5 Å². The van der Waals surface area contributed by atoms with Crippen LogP contribution < -0.4 is 11.2 Å². The molecule has 1 aromatic rings. The Morgan fingerprint density at radius 2 is 2.00 bits per heavy atom. The molecular weight excluding hydrogens is 241 g/mol. The fourth-order valence-electron chi connectivity index (χ4n) is 2.28. The average molecular weight is 261 g/mol. The Kier molecular flexibility index (Phi) is 3.45. The standard InChI is InChI=1S/C14H20BNO3/c1-5-14(4)13(2,3)18-15(19-14)11-8-6-7-10(9-11)12(16)17/h6-9H,5H2,1-4H3,(H2,16,17). The molecule has 1 atom stereocenters. The topological polar surface area (TPSA) is 61.5 Å². The second kappa shape index (κ2) is 4.65. The molecule has 0 radical (unpaired) electrons. The maximum absolute atomic E-state index is 11.2. The minimum Gasteiger partial charge on any atom is -0.399 e. The predicted molar refractivity (Wildman–Crippen MR) is 75.3 cm³/mol. The van der Waals surface area contributed by atoms with E-state index in [-0.39, 0.29) is 11.2 Å². The summed E-state index contributed by atoms with van der Waals surface area (Å²) in [5.74, 6) is -0.447. The van der Waals surface area contributed by atoms with Gasteiger partial charge in [0.15, 0.2) is 0 Å². The molecule has 2 rings (SSSR count). The Hall–Kier alpha value is -1.33. The summed E-state index contributed by atoms with van der Waals surface area (Å²) in [6.07, 6.45) is 0.853. The van der Waals surface area contributed by atoms with E-state index in [0.717, 1.165) is 11.9 Å². The van der Waals surface area contributed by atoms with Crippen molar-refractivity contribution in [2.75, 3.05) is 0 Å². The van der Waals surface area contributed by atoms with Crippen LogP contribution in [-0.2, 0) is 9.31 Å². The Bertz CT molecular complexity index is 503. The van der Waals surface area contributed by atoms with E-state index in [1.54, 1.807) is 18.2 Å². The lowest BCUT2D eigenvalue weighted by atomic mass is 9.78. The van der Waals surface area contributed by atoms with Crippen LogP contribution in [-0.4, -0.2) is 24.2 Å². The molecule has 2 N–H and O–H groups in total. The first-order valence-corrected chi connectivity index (χ1v) is 6.54. The summed E-state index contributed by atoms with van der Waals surface area (Å²) in [5.41, 5.74) is 5.85. The molecule has 0 spiro atoms. The van der Waals surface area contributed by atoms with Gasteiger partial charge in [-0.2, -0.15) is 0 Å². The van der Waals surface area contributed by atoms with Gasteiger partial charge < -0.3 is 15.0 Å². The van der Waals surface area contributed by atoms with Gasteiger partial charge in [-0.15, -0.1) is 0 Å². The summed E-state index contributed by atoms with van der Waals surface area (Å²) < 4.78 is 12.1. The van der Waals surface area contributed by atoms with Crippen LogP contribution in [0.15, 0.2) is 24.3 Å². The van der Waals surface area contributed by atoms with Gasteiger partial charge in [-0.3, -0.25) is 4.79 Å². The van der Waals surface area contributed by atoms with E-state index in [0.29, 0.717) is 5.56 Å². The minimum absolute atomic E-state index is 0.347.